The van der Waals surface area contributed by atoms with Crippen molar-refractivity contribution in [3.8, 4) is 0 Å². The van der Waals surface area contributed by atoms with E-state index in [0.29, 0.717) is 0 Å². The lowest BCUT2D eigenvalue weighted by Gasteiger charge is -2.24. The van der Waals surface area contributed by atoms with Gasteiger partial charge in [0.2, 0.25) is 0 Å². The van der Waals surface area contributed by atoms with E-state index in [1.807, 2.05) is 0 Å². The second kappa shape index (κ2) is 6.66. The molecule has 2 atom stereocenters. The second-order valence-corrected chi connectivity index (χ2v) is 5.36. The molecule has 1 N–H and O–H groups in total. The number of halogens is 5. The van der Waals surface area contributed by atoms with Gasteiger partial charge < -0.3 is 5.32 Å². The Morgan fingerprint density at radius 2 is 1.48 bits per heavy atom. The van der Waals surface area contributed by atoms with Crippen LogP contribution in [-0.4, -0.2) is 0 Å². The fourth-order valence-corrected chi connectivity index (χ4v) is 2.54. The summed E-state index contributed by atoms with van der Waals surface area (Å²) >= 11 is 0. The summed E-state index contributed by atoms with van der Waals surface area (Å²) in [5.41, 5.74) is -0.455. The predicted octanol–water partition coefficient (Wildman–Crippen LogP) is 5.40. The zero-order valence-corrected chi connectivity index (χ0v) is 12.6. The Morgan fingerprint density at radius 3 is 2.09 bits per heavy atom. The van der Waals surface area contributed by atoms with Crippen LogP contribution in [-0.2, 0) is 6.18 Å². The van der Waals surface area contributed by atoms with Crippen molar-refractivity contribution in [1.29, 1.82) is 0 Å². The number of hydrogen-bond acceptors (Lipinski definition) is 1. The molecule has 23 heavy (non-hydrogen) atoms. The van der Waals surface area contributed by atoms with Gasteiger partial charge in [-0.3, -0.25) is 0 Å². The van der Waals surface area contributed by atoms with Gasteiger partial charge in [-0.2, -0.15) is 13.2 Å². The van der Waals surface area contributed by atoms with Crippen molar-refractivity contribution in [2.45, 2.75) is 32.1 Å². The summed E-state index contributed by atoms with van der Waals surface area (Å²) in [6.45, 7) is 3.19. The SMILES string of the molecule is CC(NC(C)c1ccccc1C(F)(F)F)c1ccc(F)cc1F. The monoisotopic (exact) mass is 329 g/mol. The zero-order chi connectivity index (χ0) is 17.2. The molecule has 124 valence electrons. The molecule has 6 heteroatoms. The Labute approximate surface area is 131 Å². The van der Waals surface area contributed by atoms with Crippen molar-refractivity contribution >= 4 is 0 Å². The number of benzene rings is 2. The molecular formula is C17H16F5N. The molecule has 0 aliphatic carbocycles. The first kappa shape index (κ1) is 17.4. The minimum atomic E-state index is -4.46. The average Bonchev–Trinajstić information content (AvgIpc) is 2.46. The maximum absolute atomic E-state index is 13.8. The van der Waals surface area contributed by atoms with Gasteiger partial charge in [-0.25, -0.2) is 8.78 Å². The van der Waals surface area contributed by atoms with Gasteiger partial charge in [-0.05, 0) is 31.5 Å². The van der Waals surface area contributed by atoms with Gasteiger partial charge in [-0.1, -0.05) is 24.3 Å². The molecule has 0 amide bonds. The summed E-state index contributed by atoms with van der Waals surface area (Å²) in [6, 6.07) is 7.15. The lowest BCUT2D eigenvalue weighted by Crippen LogP contribution is -2.25. The van der Waals surface area contributed by atoms with Crippen molar-refractivity contribution in [1.82, 2.24) is 5.32 Å². The van der Waals surface area contributed by atoms with Crippen LogP contribution in [0.15, 0.2) is 42.5 Å². The van der Waals surface area contributed by atoms with Crippen molar-refractivity contribution in [2.24, 2.45) is 0 Å². The number of nitrogens with one attached hydrogen (secondary N) is 1. The van der Waals surface area contributed by atoms with Crippen LogP contribution in [0.2, 0.25) is 0 Å². The van der Waals surface area contributed by atoms with E-state index in [-0.39, 0.29) is 11.1 Å². The zero-order valence-electron chi connectivity index (χ0n) is 12.6. The van der Waals surface area contributed by atoms with Gasteiger partial charge >= 0.3 is 6.18 Å². The molecule has 2 aromatic rings. The molecule has 0 fully saturated rings. The van der Waals surface area contributed by atoms with Crippen LogP contribution in [0.3, 0.4) is 0 Å². The average molecular weight is 329 g/mol. The van der Waals surface area contributed by atoms with Crippen LogP contribution in [0.5, 0.6) is 0 Å². The minimum absolute atomic E-state index is 0.0781. The Morgan fingerprint density at radius 1 is 0.870 bits per heavy atom. The maximum Gasteiger partial charge on any atom is 0.416 e. The van der Waals surface area contributed by atoms with E-state index in [2.05, 4.69) is 5.32 Å². The van der Waals surface area contributed by atoms with Crippen LogP contribution < -0.4 is 5.32 Å². The van der Waals surface area contributed by atoms with E-state index in [1.54, 1.807) is 13.8 Å². The van der Waals surface area contributed by atoms with E-state index in [4.69, 9.17) is 0 Å². The highest BCUT2D eigenvalue weighted by Crippen LogP contribution is 2.35. The van der Waals surface area contributed by atoms with Gasteiger partial charge in [0.1, 0.15) is 11.6 Å². The van der Waals surface area contributed by atoms with Gasteiger partial charge in [-0.15, -0.1) is 0 Å². The molecule has 0 saturated heterocycles. The molecule has 2 unspecified atom stereocenters. The summed E-state index contributed by atoms with van der Waals surface area (Å²) in [6.07, 6.45) is -4.46. The fraction of sp³-hybridized carbons (Fsp3) is 0.294. The molecule has 0 bridgehead atoms. The summed E-state index contributed by atoms with van der Waals surface area (Å²) in [5, 5.41) is 2.92. The normalized spacial score (nSPS) is 14.6. The van der Waals surface area contributed by atoms with Gasteiger partial charge in [0.25, 0.3) is 0 Å². The number of rotatable bonds is 4. The smallest absolute Gasteiger partial charge is 0.304 e. The van der Waals surface area contributed by atoms with E-state index in [1.165, 1.54) is 24.3 Å². The van der Waals surface area contributed by atoms with Crippen molar-refractivity contribution in [3.05, 3.63) is 70.8 Å². The highest BCUT2D eigenvalue weighted by molar-refractivity contribution is 5.32. The molecule has 2 aromatic carbocycles. The first-order valence-corrected chi connectivity index (χ1v) is 7.07. The molecule has 0 radical (unpaired) electrons. The van der Waals surface area contributed by atoms with E-state index < -0.39 is 35.5 Å². The maximum atomic E-state index is 13.8. The summed E-state index contributed by atoms with van der Waals surface area (Å²) in [5.74, 6) is -1.43. The Bertz CT molecular complexity index is 681. The Balaban J connectivity index is 2.24. The first-order chi connectivity index (χ1) is 10.7. The molecule has 0 heterocycles. The highest BCUT2D eigenvalue weighted by atomic mass is 19.4. The summed E-state index contributed by atoms with van der Waals surface area (Å²) < 4.78 is 65.8. The molecular weight excluding hydrogens is 313 g/mol. The van der Waals surface area contributed by atoms with Crippen LogP contribution >= 0.6 is 0 Å². The fourth-order valence-electron chi connectivity index (χ4n) is 2.54. The lowest BCUT2D eigenvalue weighted by atomic mass is 9.99. The van der Waals surface area contributed by atoms with Crippen molar-refractivity contribution in [2.75, 3.05) is 0 Å². The Hall–Kier alpha value is -1.95. The lowest BCUT2D eigenvalue weighted by molar-refractivity contribution is -0.138. The molecule has 2 rings (SSSR count). The highest BCUT2D eigenvalue weighted by Gasteiger charge is 2.34. The van der Waals surface area contributed by atoms with Crippen LogP contribution in [0.4, 0.5) is 22.0 Å². The topological polar surface area (TPSA) is 12.0 Å². The second-order valence-electron chi connectivity index (χ2n) is 5.36. The van der Waals surface area contributed by atoms with E-state index in [0.717, 1.165) is 18.2 Å². The van der Waals surface area contributed by atoms with Gasteiger partial charge in [0.05, 0.1) is 5.56 Å². The van der Waals surface area contributed by atoms with Crippen LogP contribution in [0.25, 0.3) is 0 Å². The molecule has 0 aromatic heterocycles. The Kier molecular flexibility index (Phi) is 5.04. The molecule has 0 saturated carbocycles. The number of alkyl halides is 3. The number of hydrogen-bond donors (Lipinski definition) is 1. The molecule has 0 aliphatic heterocycles. The van der Waals surface area contributed by atoms with Crippen LogP contribution in [0.1, 0.15) is 42.6 Å². The van der Waals surface area contributed by atoms with Crippen LogP contribution in [0, 0.1) is 11.6 Å². The third-order valence-electron chi connectivity index (χ3n) is 3.66. The largest absolute Gasteiger partial charge is 0.416 e. The molecule has 0 spiro atoms. The first-order valence-electron chi connectivity index (χ1n) is 7.07. The standard InChI is InChI=1S/C17H16F5N/c1-10(13-5-3-4-6-15(13)17(20,21)22)23-11(2)14-8-7-12(18)9-16(14)19/h3-11,23H,1-2H3. The van der Waals surface area contributed by atoms with Gasteiger partial charge in [0, 0.05) is 23.7 Å². The van der Waals surface area contributed by atoms with Gasteiger partial charge in [0.15, 0.2) is 0 Å². The predicted molar refractivity (Wildman–Crippen MR) is 77.8 cm³/mol. The summed E-state index contributed by atoms with van der Waals surface area (Å²) in [7, 11) is 0. The third-order valence-corrected chi connectivity index (χ3v) is 3.66. The van der Waals surface area contributed by atoms with E-state index >= 15 is 0 Å². The quantitative estimate of drug-likeness (QED) is 0.741. The molecule has 1 nitrogen and oxygen atoms in total. The minimum Gasteiger partial charge on any atom is -0.304 e. The molecule has 0 aliphatic rings. The van der Waals surface area contributed by atoms with Crippen molar-refractivity contribution in [3.63, 3.8) is 0 Å². The van der Waals surface area contributed by atoms with E-state index in [9.17, 15) is 22.0 Å². The van der Waals surface area contributed by atoms with Crippen molar-refractivity contribution < 1.29 is 22.0 Å². The summed E-state index contributed by atoms with van der Waals surface area (Å²) in [4.78, 5) is 0. The third kappa shape index (κ3) is 4.07.